The van der Waals surface area contributed by atoms with Crippen molar-refractivity contribution in [2.45, 2.75) is 17.5 Å². The van der Waals surface area contributed by atoms with Crippen molar-refractivity contribution >= 4 is 41.1 Å². The molecule has 0 bridgehead atoms. The average Bonchev–Trinajstić information content (AvgIpc) is 2.94. The Hall–Kier alpha value is -3.59. The van der Waals surface area contributed by atoms with Gasteiger partial charge in [-0.15, -0.1) is 11.8 Å². The molecular weight excluding hydrogens is 512 g/mol. The molecule has 2 amide bonds. The van der Waals surface area contributed by atoms with Crippen molar-refractivity contribution < 1.29 is 24.2 Å². The van der Waals surface area contributed by atoms with E-state index in [0.717, 1.165) is 11.1 Å². The van der Waals surface area contributed by atoms with Crippen LogP contribution in [0.1, 0.15) is 27.6 Å². The molecule has 2 atom stereocenters. The summed E-state index contributed by atoms with van der Waals surface area (Å²) in [6.07, 6.45) is -0.702. The van der Waals surface area contributed by atoms with Crippen LogP contribution >= 0.6 is 23.4 Å². The number of aliphatic hydroxyl groups is 1. The lowest BCUT2D eigenvalue weighted by atomic mass is 10.0. The second-order valence-corrected chi connectivity index (χ2v) is 10.1. The highest BCUT2D eigenvalue weighted by molar-refractivity contribution is 8.00. The molecule has 2 aliphatic rings. The molecular formula is C28H23ClN2O5S. The van der Waals surface area contributed by atoms with Crippen LogP contribution in [0.25, 0.3) is 0 Å². The highest BCUT2D eigenvalue weighted by Gasteiger charge is 2.54. The lowest BCUT2D eigenvalue weighted by Crippen LogP contribution is -2.70. The molecule has 0 saturated carbocycles. The number of rotatable bonds is 7. The summed E-state index contributed by atoms with van der Waals surface area (Å²) in [6, 6.07) is 24.2. The van der Waals surface area contributed by atoms with Gasteiger partial charge in [-0.05, 0) is 41.0 Å². The highest BCUT2D eigenvalue weighted by atomic mass is 35.5. The molecule has 0 aromatic heterocycles. The third-order valence-corrected chi connectivity index (χ3v) is 7.85. The van der Waals surface area contributed by atoms with Gasteiger partial charge in [-0.25, -0.2) is 4.79 Å². The van der Waals surface area contributed by atoms with Gasteiger partial charge >= 0.3 is 5.97 Å². The van der Waals surface area contributed by atoms with Gasteiger partial charge in [-0.1, -0.05) is 72.3 Å². The van der Waals surface area contributed by atoms with Crippen LogP contribution < -0.4 is 5.32 Å². The van der Waals surface area contributed by atoms with E-state index < -0.39 is 41.9 Å². The Morgan fingerprint density at radius 2 is 1.59 bits per heavy atom. The fraction of sp³-hybridized carbons (Fsp3) is 0.179. The van der Waals surface area contributed by atoms with Crippen molar-refractivity contribution in [3.63, 3.8) is 0 Å². The smallest absolute Gasteiger partial charge is 0.356 e. The van der Waals surface area contributed by atoms with Crippen LogP contribution in [0, 0.1) is 0 Å². The van der Waals surface area contributed by atoms with E-state index in [-0.39, 0.29) is 5.70 Å². The maximum Gasteiger partial charge on any atom is 0.356 e. The number of ether oxygens (including phenoxy) is 1. The summed E-state index contributed by atoms with van der Waals surface area (Å²) in [5.74, 6) is -1.23. The summed E-state index contributed by atoms with van der Waals surface area (Å²) in [7, 11) is 0. The number of esters is 1. The normalized spacial score (nSPS) is 18.8. The van der Waals surface area contributed by atoms with Gasteiger partial charge in [-0.3, -0.25) is 14.5 Å². The number of fused-ring (bicyclic) bond motifs is 1. The summed E-state index contributed by atoms with van der Waals surface area (Å²) >= 11 is 7.27. The molecule has 0 radical (unpaired) electrons. The number of β-lactam (4-membered cyclic amide) rings is 1. The minimum atomic E-state index is -0.810. The number of benzene rings is 3. The predicted molar refractivity (Wildman–Crippen MR) is 141 cm³/mol. The average molecular weight is 535 g/mol. The zero-order valence-corrected chi connectivity index (χ0v) is 21.1. The van der Waals surface area contributed by atoms with Crippen molar-refractivity contribution in [2.24, 2.45) is 0 Å². The Bertz CT molecular complexity index is 1310. The van der Waals surface area contributed by atoms with Crippen LogP contribution in [0.15, 0.2) is 96.2 Å². The van der Waals surface area contributed by atoms with Gasteiger partial charge in [0.25, 0.3) is 11.8 Å². The van der Waals surface area contributed by atoms with E-state index in [4.69, 9.17) is 16.3 Å². The summed E-state index contributed by atoms with van der Waals surface area (Å²) in [5.41, 5.74) is 2.36. The molecule has 1 saturated heterocycles. The number of nitrogens with one attached hydrogen (secondary N) is 1. The van der Waals surface area contributed by atoms with Gasteiger partial charge in [0, 0.05) is 16.3 Å². The minimum Gasteiger partial charge on any atom is -0.448 e. The molecule has 9 heteroatoms. The van der Waals surface area contributed by atoms with E-state index in [1.54, 1.807) is 24.3 Å². The van der Waals surface area contributed by atoms with Crippen molar-refractivity contribution in [3.8, 4) is 0 Å². The number of halogens is 1. The fourth-order valence-electron chi connectivity index (χ4n) is 4.37. The summed E-state index contributed by atoms with van der Waals surface area (Å²) in [4.78, 5) is 40.7. The van der Waals surface area contributed by atoms with E-state index in [9.17, 15) is 19.5 Å². The van der Waals surface area contributed by atoms with E-state index in [1.807, 2.05) is 60.7 Å². The maximum absolute atomic E-state index is 13.5. The Balaban J connectivity index is 1.38. The SMILES string of the molecule is O=C(OC(c1ccccc1)c1ccccc1)C1=C(CO)CS[C@H]2[C@@H](NC(=O)c3ccc(Cl)cc3)C(=O)N12. The first kappa shape index (κ1) is 25.1. The van der Waals surface area contributed by atoms with E-state index in [0.29, 0.717) is 21.9 Å². The Kier molecular flexibility index (Phi) is 7.32. The number of aliphatic hydroxyl groups excluding tert-OH is 1. The quantitative estimate of drug-likeness (QED) is 0.352. The molecule has 0 aliphatic carbocycles. The van der Waals surface area contributed by atoms with Crippen molar-refractivity contribution in [1.82, 2.24) is 10.2 Å². The second-order valence-electron chi connectivity index (χ2n) is 8.58. The molecule has 3 aromatic carbocycles. The zero-order valence-electron chi connectivity index (χ0n) is 19.5. The number of carbonyl (C=O) groups excluding carboxylic acids is 3. The number of hydrogen-bond acceptors (Lipinski definition) is 6. The summed E-state index contributed by atoms with van der Waals surface area (Å²) in [6.45, 7) is -0.392. The van der Waals surface area contributed by atoms with E-state index in [2.05, 4.69) is 5.32 Å². The largest absolute Gasteiger partial charge is 0.448 e. The first-order valence-corrected chi connectivity index (χ1v) is 13.1. The molecule has 5 rings (SSSR count). The monoisotopic (exact) mass is 534 g/mol. The lowest BCUT2D eigenvalue weighted by molar-refractivity contribution is -0.153. The molecule has 2 aliphatic heterocycles. The van der Waals surface area contributed by atoms with Gasteiger partial charge in [0.1, 0.15) is 17.1 Å². The van der Waals surface area contributed by atoms with Crippen molar-refractivity contribution in [1.29, 1.82) is 0 Å². The Morgan fingerprint density at radius 3 is 2.16 bits per heavy atom. The lowest BCUT2D eigenvalue weighted by Gasteiger charge is -2.49. The number of carbonyl (C=O) groups is 3. The van der Waals surface area contributed by atoms with Crippen LogP contribution in [-0.2, 0) is 14.3 Å². The van der Waals surface area contributed by atoms with Crippen LogP contribution in [0.3, 0.4) is 0 Å². The first-order chi connectivity index (χ1) is 18.0. The van der Waals surface area contributed by atoms with E-state index >= 15 is 0 Å². The summed E-state index contributed by atoms with van der Waals surface area (Å²) in [5, 5.41) is 12.7. The number of amides is 2. The zero-order chi connectivity index (χ0) is 25.9. The highest BCUT2D eigenvalue weighted by Crippen LogP contribution is 2.41. The van der Waals surface area contributed by atoms with E-state index in [1.165, 1.54) is 16.7 Å². The molecule has 2 heterocycles. The molecule has 7 nitrogen and oxygen atoms in total. The second kappa shape index (κ2) is 10.8. The third-order valence-electron chi connectivity index (χ3n) is 6.25. The number of hydrogen-bond donors (Lipinski definition) is 2. The fourth-order valence-corrected chi connectivity index (χ4v) is 5.83. The minimum absolute atomic E-state index is 0.0325. The first-order valence-electron chi connectivity index (χ1n) is 11.6. The van der Waals surface area contributed by atoms with Gasteiger partial charge in [0.05, 0.1) is 6.61 Å². The number of nitrogens with zero attached hydrogens (tertiary/aromatic N) is 1. The van der Waals surface area contributed by atoms with Crippen LogP contribution in [-0.4, -0.2) is 51.6 Å². The standard InChI is InChI=1S/C28H23ClN2O5S/c29-21-13-11-19(12-14-21)25(33)30-22-26(34)31-23(20(15-32)16-37-27(22)31)28(35)36-24(17-7-3-1-4-8-17)18-9-5-2-6-10-18/h1-14,22,24,27,32H,15-16H2,(H,30,33)/t22-,27-/m0/s1. The molecule has 37 heavy (non-hydrogen) atoms. The Morgan fingerprint density at radius 1 is 1.00 bits per heavy atom. The number of thioether (sulfide) groups is 1. The molecule has 2 N–H and O–H groups in total. The van der Waals surface area contributed by atoms with Gasteiger partial charge < -0.3 is 15.2 Å². The van der Waals surface area contributed by atoms with Crippen LogP contribution in [0.5, 0.6) is 0 Å². The Labute approximate surface area is 223 Å². The van der Waals surface area contributed by atoms with Crippen LogP contribution in [0.2, 0.25) is 5.02 Å². The van der Waals surface area contributed by atoms with Crippen molar-refractivity contribution in [2.75, 3.05) is 12.4 Å². The molecule has 3 aromatic rings. The topological polar surface area (TPSA) is 95.9 Å². The molecule has 0 unspecified atom stereocenters. The van der Waals surface area contributed by atoms with Crippen LogP contribution in [0.4, 0.5) is 0 Å². The predicted octanol–water partition coefficient (Wildman–Crippen LogP) is 3.93. The maximum atomic E-state index is 13.5. The van der Waals surface area contributed by atoms with Gasteiger partial charge in [0.15, 0.2) is 6.10 Å². The third kappa shape index (κ3) is 5.00. The van der Waals surface area contributed by atoms with Crippen molar-refractivity contribution in [3.05, 3.63) is 118 Å². The molecule has 0 spiro atoms. The molecule has 188 valence electrons. The van der Waals surface area contributed by atoms with Gasteiger partial charge in [0.2, 0.25) is 0 Å². The summed E-state index contributed by atoms with van der Waals surface area (Å²) < 4.78 is 5.98. The molecule has 1 fully saturated rings. The van der Waals surface area contributed by atoms with Gasteiger partial charge in [-0.2, -0.15) is 0 Å².